The molecule has 0 saturated heterocycles. The molecule has 0 aromatic heterocycles. The predicted molar refractivity (Wildman–Crippen MR) is 62.7 cm³/mol. The largest absolute Gasteiger partial charge is 0.391 e. The number of amides is 1. The Labute approximate surface area is 95.5 Å². The van der Waals surface area contributed by atoms with Crippen molar-refractivity contribution in [1.29, 1.82) is 0 Å². The van der Waals surface area contributed by atoms with Crippen LogP contribution in [0.4, 0.5) is 0 Å². The summed E-state index contributed by atoms with van der Waals surface area (Å²) in [6, 6.07) is 8.48. The highest BCUT2D eigenvalue weighted by atomic mass is 16.3. The molecule has 4 nitrogen and oxygen atoms in total. The molecule has 16 heavy (non-hydrogen) atoms. The quantitative estimate of drug-likeness (QED) is 0.682. The second-order valence-electron chi connectivity index (χ2n) is 3.70. The van der Waals surface area contributed by atoms with Crippen LogP contribution in [0.15, 0.2) is 30.3 Å². The van der Waals surface area contributed by atoms with Crippen molar-refractivity contribution in [2.45, 2.75) is 25.5 Å². The van der Waals surface area contributed by atoms with Crippen molar-refractivity contribution >= 4 is 5.91 Å². The predicted octanol–water partition coefficient (Wildman–Crippen LogP) is 0.573. The molecule has 4 heteroatoms. The fourth-order valence-corrected chi connectivity index (χ4v) is 1.28. The van der Waals surface area contributed by atoms with E-state index < -0.39 is 12.1 Å². The zero-order valence-electron chi connectivity index (χ0n) is 9.39. The molecule has 1 rings (SSSR count). The van der Waals surface area contributed by atoms with Crippen LogP contribution < -0.4 is 11.1 Å². The third kappa shape index (κ3) is 3.64. The molecule has 1 aromatic carbocycles. The topological polar surface area (TPSA) is 75.3 Å². The van der Waals surface area contributed by atoms with Gasteiger partial charge in [0.25, 0.3) is 0 Å². The van der Waals surface area contributed by atoms with E-state index in [9.17, 15) is 9.90 Å². The summed E-state index contributed by atoms with van der Waals surface area (Å²) in [7, 11) is 0. The summed E-state index contributed by atoms with van der Waals surface area (Å²) in [4.78, 5) is 11.6. The van der Waals surface area contributed by atoms with E-state index in [-0.39, 0.29) is 12.5 Å². The normalized spacial score (nSPS) is 14.2. The summed E-state index contributed by atoms with van der Waals surface area (Å²) in [5.41, 5.74) is 6.54. The molecule has 0 fully saturated rings. The minimum atomic E-state index is -0.676. The lowest BCUT2D eigenvalue weighted by Crippen LogP contribution is -2.38. The summed E-state index contributed by atoms with van der Waals surface area (Å²) < 4.78 is 0. The summed E-state index contributed by atoms with van der Waals surface area (Å²) in [5, 5.41) is 11.9. The molecule has 0 bridgehead atoms. The third-order valence-electron chi connectivity index (χ3n) is 2.42. The van der Waals surface area contributed by atoms with E-state index in [1.165, 1.54) is 0 Å². The first kappa shape index (κ1) is 12.7. The number of benzene rings is 1. The molecule has 0 radical (unpaired) electrons. The SMILES string of the molecule is CCC(O)CNC(=O)[C@H](N)c1ccccc1. The molecule has 0 heterocycles. The summed E-state index contributed by atoms with van der Waals surface area (Å²) in [6.45, 7) is 2.10. The summed E-state index contributed by atoms with van der Waals surface area (Å²) in [5.74, 6) is -0.265. The van der Waals surface area contributed by atoms with Crippen molar-refractivity contribution in [3.05, 3.63) is 35.9 Å². The van der Waals surface area contributed by atoms with E-state index in [1.54, 1.807) is 12.1 Å². The lowest BCUT2D eigenvalue weighted by Gasteiger charge is -2.14. The molecule has 0 aliphatic rings. The van der Waals surface area contributed by atoms with Crippen molar-refractivity contribution in [2.24, 2.45) is 5.73 Å². The van der Waals surface area contributed by atoms with Crippen molar-refractivity contribution in [2.75, 3.05) is 6.54 Å². The molecular weight excluding hydrogens is 204 g/mol. The van der Waals surface area contributed by atoms with Gasteiger partial charge in [-0.05, 0) is 12.0 Å². The number of nitrogens with one attached hydrogen (secondary N) is 1. The Morgan fingerprint density at radius 2 is 2.06 bits per heavy atom. The van der Waals surface area contributed by atoms with E-state index >= 15 is 0 Å². The Morgan fingerprint density at radius 1 is 1.44 bits per heavy atom. The number of aliphatic hydroxyl groups excluding tert-OH is 1. The van der Waals surface area contributed by atoms with Gasteiger partial charge in [-0.1, -0.05) is 37.3 Å². The van der Waals surface area contributed by atoms with E-state index in [2.05, 4.69) is 5.32 Å². The smallest absolute Gasteiger partial charge is 0.241 e. The minimum Gasteiger partial charge on any atom is -0.391 e. The first-order valence-corrected chi connectivity index (χ1v) is 5.41. The van der Waals surface area contributed by atoms with Gasteiger partial charge < -0.3 is 16.2 Å². The molecule has 0 saturated carbocycles. The van der Waals surface area contributed by atoms with Gasteiger partial charge in [-0.2, -0.15) is 0 Å². The highest BCUT2D eigenvalue weighted by molar-refractivity contribution is 5.82. The number of aliphatic hydroxyl groups is 1. The molecule has 1 amide bonds. The minimum absolute atomic E-state index is 0.246. The van der Waals surface area contributed by atoms with Crippen LogP contribution in [-0.4, -0.2) is 23.7 Å². The Kier molecular flexibility index (Phi) is 4.95. The van der Waals surface area contributed by atoms with Gasteiger partial charge in [0.2, 0.25) is 5.91 Å². The summed E-state index contributed by atoms with van der Waals surface area (Å²) >= 11 is 0. The Morgan fingerprint density at radius 3 is 2.62 bits per heavy atom. The Hall–Kier alpha value is -1.39. The lowest BCUT2D eigenvalue weighted by molar-refractivity contribution is -0.122. The number of carbonyl (C=O) groups is 1. The molecule has 0 spiro atoms. The number of rotatable bonds is 5. The van der Waals surface area contributed by atoms with Crippen LogP contribution in [-0.2, 0) is 4.79 Å². The fourth-order valence-electron chi connectivity index (χ4n) is 1.28. The third-order valence-corrected chi connectivity index (χ3v) is 2.42. The number of hydrogen-bond acceptors (Lipinski definition) is 3. The van der Waals surface area contributed by atoms with Gasteiger partial charge in [-0.15, -0.1) is 0 Å². The summed E-state index contributed by atoms with van der Waals surface area (Å²) in [6.07, 6.45) is 0.104. The standard InChI is InChI=1S/C12H18N2O2/c1-2-10(15)8-14-12(16)11(13)9-6-4-3-5-7-9/h3-7,10-11,15H,2,8,13H2,1H3,(H,14,16)/t10?,11-/m1/s1. The van der Waals surface area contributed by atoms with Crippen LogP contribution in [0.3, 0.4) is 0 Å². The average molecular weight is 222 g/mol. The molecule has 1 aromatic rings. The van der Waals surface area contributed by atoms with Gasteiger partial charge in [0.05, 0.1) is 6.10 Å². The van der Waals surface area contributed by atoms with E-state index in [0.29, 0.717) is 6.42 Å². The van der Waals surface area contributed by atoms with Crippen molar-refractivity contribution in [3.63, 3.8) is 0 Å². The van der Waals surface area contributed by atoms with Crippen LogP contribution in [0, 0.1) is 0 Å². The highest BCUT2D eigenvalue weighted by Crippen LogP contribution is 2.08. The van der Waals surface area contributed by atoms with Crippen LogP contribution >= 0.6 is 0 Å². The second-order valence-corrected chi connectivity index (χ2v) is 3.70. The Bertz CT molecular complexity index is 327. The van der Waals surface area contributed by atoms with Gasteiger partial charge in [0, 0.05) is 6.54 Å². The Balaban J connectivity index is 2.49. The number of hydrogen-bond donors (Lipinski definition) is 3. The van der Waals surface area contributed by atoms with Crippen LogP contribution in [0.1, 0.15) is 24.9 Å². The molecule has 88 valence electrons. The number of nitrogens with two attached hydrogens (primary N) is 1. The van der Waals surface area contributed by atoms with Gasteiger partial charge in [0.1, 0.15) is 6.04 Å². The fraction of sp³-hybridized carbons (Fsp3) is 0.417. The van der Waals surface area contributed by atoms with Gasteiger partial charge in [-0.3, -0.25) is 4.79 Å². The van der Waals surface area contributed by atoms with Crippen LogP contribution in [0.2, 0.25) is 0 Å². The molecule has 2 atom stereocenters. The van der Waals surface area contributed by atoms with Crippen LogP contribution in [0.5, 0.6) is 0 Å². The zero-order chi connectivity index (χ0) is 12.0. The van der Waals surface area contributed by atoms with Crippen molar-refractivity contribution < 1.29 is 9.90 Å². The van der Waals surface area contributed by atoms with Gasteiger partial charge in [0.15, 0.2) is 0 Å². The van der Waals surface area contributed by atoms with E-state index in [0.717, 1.165) is 5.56 Å². The lowest BCUT2D eigenvalue weighted by atomic mass is 10.1. The van der Waals surface area contributed by atoms with Gasteiger partial charge >= 0.3 is 0 Å². The first-order chi connectivity index (χ1) is 7.65. The first-order valence-electron chi connectivity index (χ1n) is 5.41. The average Bonchev–Trinajstić information content (AvgIpc) is 2.35. The van der Waals surface area contributed by atoms with Gasteiger partial charge in [-0.25, -0.2) is 0 Å². The maximum Gasteiger partial charge on any atom is 0.241 e. The van der Waals surface area contributed by atoms with E-state index in [1.807, 2.05) is 25.1 Å². The molecule has 1 unspecified atom stereocenters. The molecule has 4 N–H and O–H groups in total. The molecular formula is C12H18N2O2. The van der Waals surface area contributed by atoms with E-state index in [4.69, 9.17) is 5.73 Å². The van der Waals surface area contributed by atoms with Crippen molar-refractivity contribution in [1.82, 2.24) is 5.32 Å². The zero-order valence-corrected chi connectivity index (χ0v) is 9.39. The van der Waals surface area contributed by atoms with Crippen LogP contribution in [0.25, 0.3) is 0 Å². The highest BCUT2D eigenvalue weighted by Gasteiger charge is 2.15. The second kappa shape index (κ2) is 6.25. The maximum absolute atomic E-state index is 11.6. The molecule has 0 aliphatic heterocycles. The van der Waals surface area contributed by atoms with Crippen molar-refractivity contribution in [3.8, 4) is 0 Å². The maximum atomic E-state index is 11.6. The monoisotopic (exact) mass is 222 g/mol. The number of carbonyl (C=O) groups excluding carboxylic acids is 1. The molecule has 0 aliphatic carbocycles.